The minimum Gasteiger partial charge on any atom is -0.352 e. The van der Waals surface area contributed by atoms with Gasteiger partial charge in [0.1, 0.15) is 0 Å². The molecule has 12 heavy (non-hydrogen) atoms. The van der Waals surface area contributed by atoms with Crippen LogP contribution < -0.4 is 11.1 Å². The Labute approximate surface area is 73.0 Å². The van der Waals surface area contributed by atoms with Crippen LogP contribution in [0, 0.1) is 5.41 Å². The largest absolute Gasteiger partial charge is 0.352 e. The summed E-state index contributed by atoms with van der Waals surface area (Å²) in [5.41, 5.74) is 6.23. The van der Waals surface area contributed by atoms with E-state index in [0.29, 0.717) is 13.1 Å². The molecule has 1 aliphatic carbocycles. The van der Waals surface area contributed by atoms with Crippen LogP contribution >= 0.6 is 0 Å². The zero-order valence-corrected chi connectivity index (χ0v) is 7.52. The number of rotatable bonds is 4. The number of carbonyl (C=O) groups is 1. The SMILES string of the molecule is C=C(C)CNC(=O)C1(CN)CC1. The number of nitrogens with one attached hydrogen (secondary N) is 1. The summed E-state index contributed by atoms with van der Waals surface area (Å²) in [6.07, 6.45) is 1.87. The van der Waals surface area contributed by atoms with Crippen molar-refractivity contribution in [2.75, 3.05) is 13.1 Å². The topological polar surface area (TPSA) is 55.1 Å². The van der Waals surface area contributed by atoms with Gasteiger partial charge in [0.25, 0.3) is 0 Å². The van der Waals surface area contributed by atoms with Crippen LogP contribution in [-0.4, -0.2) is 19.0 Å². The first-order chi connectivity index (χ1) is 5.60. The third-order valence-corrected chi connectivity index (χ3v) is 2.28. The summed E-state index contributed by atoms with van der Waals surface area (Å²) in [5, 5.41) is 2.82. The van der Waals surface area contributed by atoms with Crippen molar-refractivity contribution in [1.29, 1.82) is 0 Å². The summed E-state index contributed by atoms with van der Waals surface area (Å²) in [5.74, 6) is 0.0907. The summed E-state index contributed by atoms with van der Waals surface area (Å²) in [6, 6.07) is 0. The lowest BCUT2D eigenvalue weighted by molar-refractivity contribution is -0.125. The van der Waals surface area contributed by atoms with Crippen LogP contribution in [0.5, 0.6) is 0 Å². The monoisotopic (exact) mass is 168 g/mol. The minimum atomic E-state index is -0.227. The van der Waals surface area contributed by atoms with Crippen molar-refractivity contribution in [3.8, 4) is 0 Å². The number of hydrogen-bond acceptors (Lipinski definition) is 2. The van der Waals surface area contributed by atoms with E-state index >= 15 is 0 Å². The van der Waals surface area contributed by atoms with Crippen LogP contribution in [0.25, 0.3) is 0 Å². The quantitative estimate of drug-likeness (QED) is 0.598. The highest BCUT2D eigenvalue weighted by Crippen LogP contribution is 2.44. The third-order valence-electron chi connectivity index (χ3n) is 2.28. The molecule has 1 amide bonds. The van der Waals surface area contributed by atoms with Crippen LogP contribution in [0.3, 0.4) is 0 Å². The summed E-state index contributed by atoms with van der Waals surface area (Å²) in [4.78, 5) is 11.4. The van der Waals surface area contributed by atoms with Gasteiger partial charge in [-0.1, -0.05) is 12.2 Å². The van der Waals surface area contributed by atoms with Crippen LogP contribution in [0.15, 0.2) is 12.2 Å². The number of carbonyl (C=O) groups excluding carboxylic acids is 1. The molecule has 0 unspecified atom stereocenters. The first-order valence-electron chi connectivity index (χ1n) is 4.23. The van der Waals surface area contributed by atoms with Gasteiger partial charge in [0.05, 0.1) is 5.41 Å². The number of amides is 1. The van der Waals surface area contributed by atoms with E-state index in [1.165, 1.54) is 0 Å². The van der Waals surface area contributed by atoms with Gasteiger partial charge in [-0.2, -0.15) is 0 Å². The van der Waals surface area contributed by atoms with Crippen molar-refractivity contribution in [1.82, 2.24) is 5.32 Å². The van der Waals surface area contributed by atoms with Gasteiger partial charge in [-0.25, -0.2) is 0 Å². The second kappa shape index (κ2) is 3.27. The van der Waals surface area contributed by atoms with Crippen molar-refractivity contribution >= 4 is 5.91 Å². The molecular formula is C9H16N2O. The molecule has 1 fully saturated rings. The highest BCUT2D eigenvalue weighted by Gasteiger charge is 2.48. The van der Waals surface area contributed by atoms with Crippen molar-refractivity contribution in [2.24, 2.45) is 11.1 Å². The molecule has 3 heteroatoms. The van der Waals surface area contributed by atoms with Gasteiger partial charge in [0.15, 0.2) is 0 Å². The smallest absolute Gasteiger partial charge is 0.227 e. The Hall–Kier alpha value is -0.830. The molecule has 0 spiro atoms. The molecule has 3 N–H and O–H groups in total. The Morgan fingerprint density at radius 2 is 2.25 bits per heavy atom. The molecule has 1 aliphatic rings. The summed E-state index contributed by atoms with van der Waals surface area (Å²) >= 11 is 0. The lowest BCUT2D eigenvalue weighted by atomic mass is 10.1. The van der Waals surface area contributed by atoms with Gasteiger partial charge in [-0.05, 0) is 19.8 Å². The third kappa shape index (κ3) is 1.85. The highest BCUT2D eigenvalue weighted by atomic mass is 16.2. The Morgan fingerprint density at radius 1 is 1.67 bits per heavy atom. The zero-order valence-electron chi connectivity index (χ0n) is 7.52. The van der Waals surface area contributed by atoms with Gasteiger partial charge in [0, 0.05) is 13.1 Å². The number of hydrogen-bond donors (Lipinski definition) is 2. The summed E-state index contributed by atoms with van der Waals surface area (Å²) in [6.45, 7) is 6.64. The van der Waals surface area contributed by atoms with Crippen molar-refractivity contribution in [3.05, 3.63) is 12.2 Å². The van der Waals surface area contributed by atoms with Crippen molar-refractivity contribution in [3.63, 3.8) is 0 Å². The molecule has 0 aliphatic heterocycles. The van der Waals surface area contributed by atoms with E-state index in [1.807, 2.05) is 6.92 Å². The fraction of sp³-hybridized carbons (Fsp3) is 0.667. The standard InChI is InChI=1S/C9H16N2O/c1-7(2)5-11-8(12)9(6-10)3-4-9/h1,3-6,10H2,2H3,(H,11,12). The zero-order chi connectivity index (χ0) is 9.19. The lowest BCUT2D eigenvalue weighted by Gasteiger charge is -2.12. The van der Waals surface area contributed by atoms with E-state index in [0.717, 1.165) is 18.4 Å². The Morgan fingerprint density at radius 3 is 2.58 bits per heavy atom. The summed E-state index contributed by atoms with van der Waals surface area (Å²) < 4.78 is 0. The second-order valence-corrected chi connectivity index (χ2v) is 3.62. The van der Waals surface area contributed by atoms with Gasteiger partial charge in [0.2, 0.25) is 5.91 Å². The van der Waals surface area contributed by atoms with Gasteiger partial charge in [-0.15, -0.1) is 0 Å². The van der Waals surface area contributed by atoms with Crippen LogP contribution in [0.4, 0.5) is 0 Å². The molecule has 0 atom stereocenters. The fourth-order valence-electron chi connectivity index (χ4n) is 1.09. The molecule has 0 saturated heterocycles. The molecule has 0 heterocycles. The van der Waals surface area contributed by atoms with E-state index in [-0.39, 0.29) is 11.3 Å². The summed E-state index contributed by atoms with van der Waals surface area (Å²) in [7, 11) is 0. The van der Waals surface area contributed by atoms with Crippen LogP contribution in [-0.2, 0) is 4.79 Å². The van der Waals surface area contributed by atoms with Crippen molar-refractivity contribution in [2.45, 2.75) is 19.8 Å². The molecule has 0 bridgehead atoms. The molecule has 0 aromatic heterocycles. The fourth-order valence-corrected chi connectivity index (χ4v) is 1.09. The number of nitrogens with two attached hydrogens (primary N) is 1. The Balaban J connectivity index is 2.33. The minimum absolute atomic E-state index is 0.0907. The van der Waals surface area contributed by atoms with E-state index in [2.05, 4.69) is 11.9 Å². The van der Waals surface area contributed by atoms with Crippen LogP contribution in [0.1, 0.15) is 19.8 Å². The maximum Gasteiger partial charge on any atom is 0.227 e. The first kappa shape index (κ1) is 9.26. The molecule has 0 aromatic carbocycles. The first-order valence-corrected chi connectivity index (χ1v) is 4.23. The molecule has 1 saturated carbocycles. The molecule has 68 valence electrons. The predicted molar refractivity (Wildman–Crippen MR) is 48.5 cm³/mol. The second-order valence-electron chi connectivity index (χ2n) is 3.62. The van der Waals surface area contributed by atoms with Crippen molar-refractivity contribution < 1.29 is 4.79 Å². The van der Waals surface area contributed by atoms with Crippen LogP contribution in [0.2, 0.25) is 0 Å². The normalized spacial score (nSPS) is 18.5. The Kier molecular flexibility index (Phi) is 2.52. The molecule has 1 rings (SSSR count). The molecular weight excluding hydrogens is 152 g/mol. The maximum absolute atomic E-state index is 11.4. The van der Waals surface area contributed by atoms with E-state index in [9.17, 15) is 4.79 Å². The average molecular weight is 168 g/mol. The molecule has 0 aromatic rings. The predicted octanol–water partition coefficient (Wildman–Crippen LogP) is 0.418. The van der Waals surface area contributed by atoms with E-state index in [1.54, 1.807) is 0 Å². The van der Waals surface area contributed by atoms with E-state index in [4.69, 9.17) is 5.73 Å². The van der Waals surface area contributed by atoms with E-state index < -0.39 is 0 Å². The Bertz CT molecular complexity index is 207. The van der Waals surface area contributed by atoms with Gasteiger partial charge in [-0.3, -0.25) is 4.79 Å². The average Bonchev–Trinajstić information content (AvgIpc) is 2.80. The van der Waals surface area contributed by atoms with Gasteiger partial charge >= 0.3 is 0 Å². The lowest BCUT2D eigenvalue weighted by Crippen LogP contribution is -2.37. The molecule has 3 nitrogen and oxygen atoms in total. The maximum atomic E-state index is 11.4. The molecule has 0 radical (unpaired) electrons. The highest BCUT2D eigenvalue weighted by molar-refractivity contribution is 5.85. The van der Waals surface area contributed by atoms with Gasteiger partial charge < -0.3 is 11.1 Å².